The molecule has 0 bridgehead atoms. The fourth-order valence-corrected chi connectivity index (χ4v) is 4.45. The van der Waals surface area contributed by atoms with Crippen molar-refractivity contribution in [2.24, 2.45) is 11.3 Å². The lowest BCUT2D eigenvalue weighted by Gasteiger charge is -2.60. The van der Waals surface area contributed by atoms with E-state index in [1.54, 1.807) is 7.11 Å². The lowest BCUT2D eigenvalue weighted by atomic mass is 9.55. The minimum Gasteiger partial charge on any atom is -0.381 e. The number of hydrogen-bond donors (Lipinski definition) is 1. The molecule has 2 fully saturated rings. The summed E-state index contributed by atoms with van der Waals surface area (Å²) in [5.74, 6) is 0.628. The van der Waals surface area contributed by atoms with Crippen LogP contribution in [0, 0.1) is 11.3 Å². The molecule has 2 aliphatic rings. The number of benzene rings is 1. The molecule has 1 heterocycles. The number of halogens is 1. The summed E-state index contributed by atoms with van der Waals surface area (Å²) < 4.78 is 12.4. The topological polar surface area (TPSA) is 30.5 Å². The molecule has 1 aromatic rings. The van der Waals surface area contributed by atoms with Crippen LogP contribution >= 0.6 is 15.9 Å². The second-order valence-corrected chi connectivity index (χ2v) is 7.59. The first-order valence-corrected chi connectivity index (χ1v) is 8.49. The number of fused-ring (bicyclic) bond motifs is 1. The molecule has 1 aromatic carbocycles. The summed E-state index contributed by atoms with van der Waals surface area (Å²) in [6, 6.07) is 6.75. The van der Waals surface area contributed by atoms with Gasteiger partial charge in [-0.15, -0.1) is 0 Å². The minimum absolute atomic E-state index is 0.178. The Labute approximate surface area is 135 Å². The summed E-state index contributed by atoms with van der Waals surface area (Å²) in [6.45, 7) is 6.15. The van der Waals surface area contributed by atoms with E-state index in [0.717, 1.165) is 11.1 Å². The highest BCUT2D eigenvalue weighted by molar-refractivity contribution is 9.10. The van der Waals surface area contributed by atoms with Crippen molar-refractivity contribution in [3.05, 3.63) is 28.2 Å². The van der Waals surface area contributed by atoms with Crippen molar-refractivity contribution in [2.45, 2.75) is 45.4 Å². The molecular formula is C17H24BrNO2. The molecule has 0 aromatic heterocycles. The van der Waals surface area contributed by atoms with Crippen LogP contribution in [0.3, 0.4) is 0 Å². The molecular weight excluding hydrogens is 330 g/mol. The van der Waals surface area contributed by atoms with Gasteiger partial charge in [0.25, 0.3) is 0 Å². The van der Waals surface area contributed by atoms with E-state index >= 15 is 0 Å². The molecule has 0 spiro atoms. The summed E-state index contributed by atoms with van der Waals surface area (Å²) in [6.07, 6.45) is 2.85. The number of methoxy groups -OCH3 is 1. The molecule has 3 unspecified atom stereocenters. The zero-order valence-corrected chi connectivity index (χ0v) is 14.6. The summed E-state index contributed by atoms with van der Waals surface area (Å²) in [5.41, 5.74) is 2.54. The molecule has 4 heteroatoms. The molecule has 116 valence electrons. The summed E-state index contributed by atoms with van der Waals surface area (Å²) in [5, 5.41) is 3.77. The van der Waals surface area contributed by atoms with Gasteiger partial charge in [0.1, 0.15) is 0 Å². The first kappa shape index (κ1) is 15.3. The highest BCUT2D eigenvalue weighted by Gasteiger charge is 2.57. The molecule has 1 saturated heterocycles. The van der Waals surface area contributed by atoms with E-state index in [1.807, 2.05) is 0 Å². The Hall–Kier alpha value is -0.580. The van der Waals surface area contributed by atoms with Crippen LogP contribution in [0.15, 0.2) is 22.7 Å². The van der Waals surface area contributed by atoms with Gasteiger partial charge in [0, 0.05) is 46.8 Å². The molecule has 3 atom stereocenters. The molecule has 1 saturated carbocycles. The zero-order chi connectivity index (χ0) is 15.0. The fraction of sp³-hybridized carbons (Fsp3) is 0.647. The van der Waals surface area contributed by atoms with Crippen molar-refractivity contribution < 1.29 is 9.47 Å². The van der Waals surface area contributed by atoms with E-state index in [-0.39, 0.29) is 5.41 Å². The lowest BCUT2D eigenvalue weighted by Crippen LogP contribution is -2.67. The summed E-state index contributed by atoms with van der Waals surface area (Å²) in [4.78, 5) is 0. The standard InChI is InChI=1S/C17H24BrNO2/c1-17(2)15(11-6-5-9-21-16(11)17)19-14-8-4-7-13(18)12(14)10-20-3/h4,7-8,11,15-16,19H,5-6,9-10H2,1-3H3. The third-order valence-electron chi connectivity index (χ3n) is 5.05. The van der Waals surface area contributed by atoms with Gasteiger partial charge in [0.2, 0.25) is 0 Å². The quantitative estimate of drug-likeness (QED) is 0.879. The van der Waals surface area contributed by atoms with Crippen LogP contribution in [-0.4, -0.2) is 25.9 Å². The van der Waals surface area contributed by atoms with Gasteiger partial charge in [-0.05, 0) is 25.0 Å². The Kier molecular flexibility index (Phi) is 4.30. The zero-order valence-electron chi connectivity index (χ0n) is 13.0. The largest absolute Gasteiger partial charge is 0.381 e. The molecule has 1 N–H and O–H groups in total. The van der Waals surface area contributed by atoms with Gasteiger partial charge in [-0.1, -0.05) is 35.8 Å². The maximum Gasteiger partial charge on any atom is 0.0744 e. The van der Waals surface area contributed by atoms with E-state index in [4.69, 9.17) is 9.47 Å². The Morgan fingerprint density at radius 2 is 2.24 bits per heavy atom. The number of hydrogen-bond acceptors (Lipinski definition) is 3. The Balaban J connectivity index is 1.82. The normalized spacial score (nSPS) is 30.4. The number of nitrogens with one attached hydrogen (secondary N) is 1. The highest BCUT2D eigenvalue weighted by atomic mass is 79.9. The summed E-state index contributed by atoms with van der Waals surface area (Å²) >= 11 is 3.63. The number of anilines is 1. The first-order valence-electron chi connectivity index (χ1n) is 7.70. The van der Waals surface area contributed by atoms with E-state index in [1.165, 1.54) is 24.1 Å². The van der Waals surface area contributed by atoms with Crippen LogP contribution in [0.2, 0.25) is 0 Å². The lowest BCUT2D eigenvalue weighted by molar-refractivity contribution is -0.177. The van der Waals surface area contributed by atoms with Gasteiger partial charge in [0.15, 0.2) is 0 Å². The van der Waals surface area contributed by atoms with E-state index in [0.29, 0.717) is 24.7 Å². The highest BCUT2D eigenvalue weighted by Crippen LogP contribution is 2.52. The predicted octanol–water partition coefficient (Wildman–Crippen LogP) is 4.21. The third-order valence-corrected chi connectivity index (χ3v) is 5.79. The second kappa shape index (κ2) is 5.90. The molecule has 3 rings (SSSR count). The van der Waals surface area contributed by atoms with E-state index in [9.17, 15) is 0 Å². The third kappa shape index (κ3) is 2.62. The molecule has 0 radical (unpaired) electrons. The SMILES string of the molecule is COCc1c(Br)cccc1NC1C2CCCOC2C1(C)C. The monoisotopic (exact) mass is 353 g/mol. The maximum absolute atomic E-state index is 5.99. The smallest absolute Gasteiger partial charge is 0.0744 e. The average molecular weight is 354 g/mol. The van der Waals surface area contributed by atoms with Crippen molar-refractivity contribution >= 4 is 21.6 Å². The van der Waals surface area contributed by atoms with Gasteiger partial charge < -0.3 is 14.8 Å². The van der Waals surface area contributed by atoms with Crippen LogP contribution in [0.1, 0.15) is 32.3 Å². The van der Waals surface area contributed by atoms with Crippen LogP contribution in [0.5, 0.6) is 0 Å². The Bertz CT molecular complexity index is 518. The van der Waals surface area contributed by atoms with Crippen molar-refractivity contribution in [1.82, 2.24) is 0 Å². The molecule has 3 nitrogen and oxygen atoms in total. The minimum atomic E-state index is 0.178. The number of ether oxygens (including phenoxy) is 2. The van der Waals surface area contributed by atoms with Gasteiger partial charge >= 0.3 is 0 Å². The van der Waals surface area contributed by atoms with E-state index in [2.05, 4.69) is 53.3 Å². The molecule has 1 aliphatic heterocycles. The van der Waals surface area contributed by atoms with Gasteiger partial charge in [-0.25, -0.2) is 0 Å². The predicted molar refractivity (Wildman–Crippen MR) is 88.5 cm³/mol. The molecule has 0 amide bonds. The summed E-state index contributed by atoms with van der Waals surface area (Å²) in [7, 11) is 1.74. The van der Waals surface area contributed by atoms with Crippen molar-refractivity contribution in [3.8, 4) is 0 Å². The Morgan fingerprint density at radius 1 is 1.43 bits per heavy atom. The number of rotatable bonds is 4. The van der Waals surface area contributed by atoms with Crippen LogP contribution in [0.4, 0.5) is 5.69 Å². The van der Waals surface area contributed by atoms with Crippen molar-refractivity contribution in [2.75, 3.05) is 19.0 Å². The van der Waals surface area contributed by atoms with Crippen molar-refractivity contribution in [1.29, 1.82) is 0 Å². The van der Waals surface area contributed by atoms with Gasteiger partial charge in [0.05, 0.1) is 12.7 Å². The maximum atomic E-state index is 5.99. The second-order valence-electron chi connectivity index (χ2n) is 6.74. The van der Waals surface area contributed by atoms with Crippen LogP contribution in [0.25, 0.3) is 0 Å². The molecule has 21 heavy (non-hydrogen) atoms. The Morgan fingerprint density at radius 3 is 3.00 bits per heavy atom. The van der Waals surface area contributed by atoms with Crippen LogP contribution < -0.4 is 5.32 Å². The van der Waals surface area contributed by atoms with Gasteiger partial charge in [-0.2, -0.15) is 0 Å². The van der Waals surface area contributed by atoms with Crippen molar-refractivity contribution in [3.63, 3.8) is 0 Å². The van der Waals surface area contributed by atoms with Gasteiger partial charge in [-0.3, -0.25) is 0 Å². The van der Waals surface area contributed by atoms with Crippen LogP contribution in [-0.2, 0) is 16.1 Å². The van der Waals surface area contributed by atoms with E-state index < -0.39 is 0 Å². The molecule has 1 aliphatic carbocycles. The first-order chi connectivity index (χ1) is 10.1. The fourth-order valence-electron chi connectivity index (χ4n) is 3.97. The average Bonchev–Trinajstić information content (AvgIpc) is 2.48.